The molecule has 0 spiro atoms. The van der Waals surface area contributed by atoms with Crippen molar-refractivity contribution in [3.05, 3.63) is 132 Å². The second-order valence-electron chi connectivity index (χ2n) is 14.7. The molecule has 0 bridgehead atoms. The van der Waals surface area contributed by atoms with Crippen LogP contribution in [-0.4, -0.2) is 44.3 Å². The molecule has 0 aliphatic heterocycles. The topological polar surface area (TPSA) is 92.1 Å². The van der Waals surface area contributed by atoms with E-state index in [4.69, 9.17) is 0 Å². The summed E-state index contributed by atoms with van der Waals surface area (Å²) in [5.41, 5.74) is 8.06. The van der Waals surface area contributed by atoms with Gasteiger partial charge in [0.15, 0.2) is 0 Å². The number of unbranched alkanes of at least 4 members (excludes halogenated alkanes) is 3. The molecule has 331 valence electrons. The molecule has 0 aliphatic carbocycles. The van der Waals surface area contributed by atoms with Gasteiger partial charge in [0.2, 0.25) is 0 Å². The monoisotopic (exact) mass is 1350 g/mol. The van der Waals surface area contributed by atoms with Crippen molar-refractivity contribution in [2.45, 2.75) is 105 Å². The third-order valence-corrected chi connectivity index (χ3v) is 9.65. The molecule has 0 unspecified atom stereocenters. The van der Waals surface area contributed by atoms with Crippen molar-refractivity contribution in [2.24, 2.45) is 21.1 Å². The molecule has 3 heterocycles. The van der Waals surface area contributed by atoms with Gasteiger partial charge in [0.1, 0.15) is 17.5 Å². The molecule has 0 saturated heterocycles. The van der Waals surface area contributed by atoms with E-state index in [1.165, 1.54) is 54.4 Å². The van der Waals surface area contributed by atoms with Gasteiger partial charge in [-0.3, -0.25) is 29.0 Å². The average Bonchev–Trinajstić information content (AvgIpc) is 3.92. The van der Waals surface area contributed by atoms with Gasteiger partial charge in [-0.15, -0.1) is 101 Å². The maximum Gasteiger partial charge on any atom is 0.140 e. The number of aromatic nitrogens is 9. The van der Waals surface area contributed by atoms with Gasteiger partial charge >= 0.3 is 0 Å². The Kier molecular flexibility index (Phi) is 24.5. The molecular weight excluding hydrogens is 1290 g/mol. The summed E-state index contributed by atoms with van der Waals surface area (Å²) < 4.78 is 5.50. The first-order chi connectivity index (χ1) is 28.2. The molecule has 0 aliphatic rings. The van der Waals surface area contributed by atoms with E-state index in [0.29, 0.717) is 0 Å². The van der Waals surface area contributed by atoms with Crippen molar-refractivity contribution in [3.63, 3.8) is 0 Å². The van der Waals surface area contributed by atoms with Crippen LogP contribution in [0.15, 0.2) is 84.9 Å². The quantitative estimate of drug-likeness (QED) is 0.0750. The molecule has 7 aromatic rings. The van der Waals surface area contributed by atoms with Crippen LogP contribution in [0.2, 0.25) is 0 Å². The SMILES string of the molecule is CCCCCCc1ccc(-c2c[c-]c(-c3nc(CCC)nn3C)cc2)cc1.CCCc1nc(-c2[c-]ccc(C)c2)n(C)n1.CCCc1nc(-c2[c-]cccc2)n(C)n1.[Ir].[Ir].[Ir]. The Bertz CT molecular complexity index is 2260. The summed E-state index contributed by atoms with van der Waals surface area (Å²) in [6.45, 7) is 10.7. The molecule has 0 atom stereocenters. The van der Waals surface area contributed by atoms with Crippen LogP contribution < -0.4 is 0 Å². The van der Waals surface area contributed by atoms with Gasteiger partial charge in [0.05, 0.1) is 17.5 Å². The maximum atomic E-state index is 4.65. The largest absolute Gasteiger partial charge is 0.289 e. The van der Waals surface area contributed by atoms with Crippen LogP contribution in [-0.2, 0) is 107 Å². The molecule has 0 amide bonds. The fourth-order valence-electron chi connectivity index (χ4n) is 6.61. The van der Waals surface area contributed by atoms with E-state index in [1.54, 1.807) is 0 Å². The standard InChI is InChI=1S/C24H30N3.C13H16N3.C12H14N3.3Ir/c1-4-6-7-8-10-19-11-13-20(14-12-19)21-15-17-22(18-16-21)24-25-23(9-5-2)26-27(24)3;1-4-6-12-14-13(16(3)15-12)11-8-5-7-10(2)9-11;1-3-7-11-13-12(15(2)14-11)10-8-5-4-6-9-10;;;/h11-17H,4-10H2,1-3H3;5,7,9H,4,6H2,1-3H3;4-6,8H,3,7H2,1-2H3;;;/q3*-1;;;. The molecular formula is C49H60Ir3N9-3. The summed E-state index contributed by atoms with van der Waals surface area (Å²) in [5, 5.41) is 13.2. The first-order valence-electron chi connectivity index (χ1n) is 21.0. The van der Waals surface area contributed by atoms with Gasteiger partial charge in [-0.25, -0.2) is 0 Å². The maximum absolute atomic E-state index is 4.65. The molecule has 9 nitrogen and oxygen atoms in total. The van der Waals surface area contributed by atoms with E-state index in [0.717, 1.165) is 90.2 Å². The van der Waals surface area contributed by atoms with Crippen LogP contribution in [0, 0.1) is 25.1 Å². The minimum Gasteiger partial charge on any atom is -0.289 e. The Balaban J connectivity index is 0.000000326. The third-order valence-electron chi connectivity index (χ3n) is 9.65. The fraction of sp³-hybridized carbons (Fsp3) is 0.388. The summed E-state index contributed by atoms with van der Waals surface area (Å²) in [4.78, 5) is 13.7. The van der Waals surface area contributed by atoms with Gasteiger partial charge in [0.25, 0.3) is 0 Å². The first kappa shape index (κ1) is 53.4. The van der Waals surface area contributed by atoms with Crippen LogP contribution in [0.5, 0.6) is 0 Å². The van der Waals surface area contributed by atoms with Gasteiger partial charge in [-0.05, 0) is 37.7 Å². The van der Waals surface area contributed by atoms with Crippen molar-refractivity contribution >= 4 is 0 Å². The first-order valence-corrected chi connectivity index (χ1v) is 21.0. The molecule has 12 heteroatoms. The predicted octanol–water partition coefficient (Wildman–Crippen LogP) is 10.8. The Morgan fingerprint density at radius 2 is 0.984 bits per heavy atom. The smallest absolute Gasteiger partial charge is 0.140 e. The second-order valence-corrected chi connectivity index (χ2v) is 14.7. The summed E-state index contributed by atoms with van der Waals surface area (Å²) in [7, 11) is 5.79. The van der Waals surface area contributed by atoms with Gasteiger partial charge in [0, 0.05) is 101 Å². The summed E-state index contributed by atoms with van der Waals surface area (Å²) in [6, 6.07) is 38.9. The predicted molar refractivity (Wildman–Crippen MR) is 236 cm³/mol. The van der Waals surface area contributed by atoms with Gasteiger partial charge in [-0.2, -0.15) is 15.3 Å². The zero-order valence-corrected chi connectivity index (χ0v) is 44.1. The molecule has 7 rings (SSSR count). The van der Waals surface area contributed by atoms with E-state index >= 15 is 0 Å². The Hall–Kier alpha value is -3.75. The van der Waals surface area contributed by atoms with Gasteiger partial charge in [-0.1, -0.05) is 89.3 Å². The van der Waals surface area contributed by atoms with E-state index in [2.05, 4.69) is 132 Å². The minimum atomic E-state index is 0. The molecule has 0 saturated carbocycles. The zero-order chi connectivity index (χ0) is 41.3. The Labute approximate surface area is 405 Å². The third kappa shape index (κ3) is 16.1. The summed E-state index contributed by atoms with van der Waals surface area (Å²) in [6.07, 6.45) is 12.4. The van der Waals surface area contributed by atoms with Crippen molar-refractivity contribution in [1.82, 2.24) is 44.3 Å². The van der Waals surface area contributed by atoms with E-state index in [9.17, 15) is 0 Å². The fourth-order valence-corrected chi connectivity index (χ4v) is 6.61. The second kappa shape index (κ2) is 28.0. The summed E-state index contributed by atoms with van der Waals surface area (Å²) in [5.74, 6) is 5.39. The van der Waals surface area contributed by atoms with Crippen LogP contribution in [0.3, 0.4) is 0 Å². The molecule has 0 N–H and O–H groups in total. The molecule has 4 aromatic carbocycles. The Morgan fingerprint density at radius 3 is 1.44 bits per heavy atom. The Morgan fingerprint density at radius 1 is 0.475 bits per heavy atom. The van der Waals surface area contributed by atoms with Crippen LogP contribution in [0.4, 0.5) is 0 Å². The van der Waals surface area contributed by atoms with Crippen molar-refractivity contribution < 1.29 is 60.3 Å². The van der Waals surface area contributed by atoms with Crippen molar-refractivity contribution in [2.75, 3.05) is 0 Å². The van der Waals surface area contributed by atoms with Gasteiger partial charge < -0.3 is 0 Å². The molecule has 61 heavy (non-hydrogen) atoms. The number of rotatable bonds is 15. The van der Waals surface area contributed by atoms with E-state index in [1.807, 2.05) is 71.6 Å². The minimum absolute atomic E-state index is 0. The van der Waals surface area contributed by atoms with Crippen LogP contribution in [0.25, 0.3) is 45.3 Å². The number of aryl methyl sites for hydroxylation is 8. The van der Waals surface area contributed by atoms with Crippen LogP contribution in [0.1, 0.15) is 101 Å². The normalized spacial score (nSPS) is 10.3. The summed E-state index contributed by atoms with van der Waals surface area (Å²) >= 11 is 0. The molecule has 3 radical (unpaired) electrons. The van der Waals surface area contributed by atoms with E-state index < -0.39 is 0 Å². The number of hydrogen-bond acceptors (Lipinski definition) is 6. The van der Waals surface area contributed by atoms with Crippen molar-refractivity contribution in [3.8, 4) is 45.3 Å². The molecule has 0 fully saturated rings. The zero-order valence-electron chi connectivity index (χ0n) is 36.9. The number of benzene rings is 4. The number of nitrogens with zero attached hydrogens (tertiary/aromatic N) is 9. The van der Waals surface area contributed by atoms with E-state index in [-0.39, 0.29) is 60.3 Å². The molecule has 3 aromatic heterocycles. The number of hydrogen-bond donors (Lipinski definition) is 0. The van der Waals surface area contributed by atoms with Crippen molar-refractivity contribution in [1.29, 1.82) is 0 Å². The average molecular weight is 1350 g/mol. The van der Waals surface area contributed by atoms with Crippen LogP contribution >= 0.6 is 0 Å².